The van der Waals surface area contributed by atoms with Crippen LogP contribution in [-0.4, -0.2) is 15.9 Å². The van der Waals surface area contributed by atoms with Gasteiger partial charge in [-0.05, 0) is 36.4 Å². The van der Waals surface area contributed by atoms with Crippen LogP contribution in [0, 0.1) is 11.6 Å². The molecule has 1 aromatic heterocycles. The maximum absolute atomic E-state index is 13.7. The first-order valence-electron chi connectivity index (χ1n) is 7.33. The second kappa shape index (κ2) is 7.36. The van der Waals surface area contributed by atoms with Crippen molar-refractivity contribution >= 4 is 23.2 Å². The van der Waals surface area contributed by atoms with Gasteiger partial charge in [0.2, 0.25) is 5.91 Å². The van der Waals surface area contributed by atoms with Gasteiger partial charge in [0.25, 0.3) is 0 Å². The van der Waals surface area contributed by atoms with Crippen LogP contribution in [0.2, 0.25) is 5.02 Å². The highest BCUT2D eigenvalue weighted by molar-refractivity contribution is 6.31. The number of benzene rings is 2. The number of hydrogen-bond acceptors (Lipinski definition) is 3. The maximum Gasteiger partial charge on any atom is 0.229 e. The van der Waals surface area contributed by atoms with Crippen LogP contribution in [0.3, 0.4) is 0 Å². The molecule has 0 aliphatic rings. The molecule has 3 aromatic rings. The van der Waals surface area contributed by atoms with Gasteiger partial charge in [0, 0.05) is 16.1 Å². The Bertz CT molecular complexity index is 879. The number of anilines is 1. The van der Waals surface area contributed by atoms with Crippen LogP contribution in [-0.2, 0) is 11.2 Å². The third kappa shape index (κ3) is 4.16. The first-order valence-corrected chi connectivity index (χ1v) is 7.71. The molecule has 0 atom stereocenters. The van der Waals surface area contributed by atoms with E-state index in [-0.39, 0.29) is 22.8 Å². The van der Waals surface area contributed by atoms with E-state index < -0.39 is 11.7 Å². The maximum atomic E-state index is 13.7. The van der Waals surface area contributed by atoms with Gasteiger partial charge in [-0.3, -0.25) is 4.79 Å². The van der Waals surface area contributed by atoms with E-state index in [1.54, 1.807) is 12.1 Å². The van der Waals surface area contributed by atoms with Gasteiger partial charge in [-0.25, -0.2) is 18.7 Å². The molecule has 7 heteroatoms. The molecule has 0 saturated carbocycles. The Morgan fingerprint density at radius 1 is 1.04 bits per heavy atom. The molecule has 0 radical (unpaired) electrons. The van der Waals surface area contributed by atoms with Gasteiger partial charge in [0.1, 0.15) is 11.6 Å². The van der Waals surface area contributed by atoms with Crippen molar-refractivity contribution < 1.29 is 13.6 Å². The van der Waals surface area contributed by atoms with Gasteiger partial charge < -0.3 is 5.32 Å². The van der Waals surface area contributed by atoms with Crippen molar-refractivity contribution in [1.82, 2.24) is 9.97 Å². The molecule has 3 rings (SSSR count). The van der Waals surface area contributed by atoms with E-state index in [1.807, 2.05) is 0 Å². The summed E-state index contributed by atoms with van der Waals surface area (Å²) in [6.45, 7) is 0. The molecule has 1 heterocycles. The number of carbonyl (C=O) groups is 1. The van der Waals surface area contributed by atoms with E-state index in [0.717, 1.165) is 0 Å². The Hall–Kier alpha value is -2.86. The molecule has 0 aliphatic carbocycles. The van der Waals surface area contributed by atoms with E-state index in [9.17, 15) is 13.6 Å². The van der Waals surface area contributed by atoms with Crippen LogP contribution in [0.5, 0.6) is 0 Å². The summed E-state index contributed by atoms with van der Waals surface area (Å²) in [5.41, 5.74) is 1.14. The van der Waals surface area contributed by atoms with E-state index in [0.29, 0.717) is 17.1 Å². The third-order valence-corrected chi connectivity index (χ3v) is 3.79. The topological polar surface area (TPSA) is 54.9 Å². The van der Waals surface area contributed by atoms with E-state index in [4.69, 9.17) is 11.6 Å². The monoisotopic (exact) mass is 359 g/mol. The van der Waals surface area contributed by atoms with Crippen molar-refractivity contribution in [3.8, 4) is 11.4 Å². The summed E-state index contributed by atoms with van der Waals surface area (Å²) in [6.07, 6.45) is 2.64. The second-order valence-corrected chi connectivity index (χ2v) is 5.63. The summed E-state index contributed by atoms with van der Waals surface area (Å²) in [6, 6.07) is 9.98. The molecule has 2 aromatic carbocycles. The molecule has 0 bridgehead atoms. The lowest BCUT2D eigenvalue weighted by atomic mass is 10.1. The molecule has 1 N–H and O–H groups in total. The molecule has 25 heavy (non-hydrogen) atoms. The number of hydrogen-bond donors (Lipinski definition) is 1. The third-order valence-electron chi connectivity index (χ3n) is 3.44. The SMILES string of the molecule is O=C(Cc1c(F)cccc1Cl)Nc1cnc(-c2ccc(F)cc2)nc1. The molecule has 1 amide bonds. The van der Waals surface area contributed by atoms with Gasteiger partial charge in [-0.15, -0.1) is 0 Å². The number of nitrogens with zero attached hydrogens (tertiary/aromatic N) is 2. The van der Waals surface area contributed by atoms with Crippen molar-refractivity contribution in [2.45, 2.75) is 6.42 Å². The number of nitrogens with one attached hydrogen (secondary N) is 1. The number of amides is 1. The average Bonchev–Trinajstić information content (AvgIpc) is 2.60. The lowest BCUT2D eigenvalue weighted by Gasteiger charge is -2.07. The summed E-state index contributed by atoms with van der Waals surface area (Å²) >= 11 is 5.90. The highest BCUT2D eigenvalue weighted by Gasteiger charge is 2.12. The Balaban J connectivity index is 1.69. The first-order chi connectivity index (χ1) is 12.0. The largest absolute Gasteiger partial charge is 0.323 e. The van der Waals surface area contributed by atoms with Crippen molar-refractivity contribution in [3.05, 3.63) is 77.1 Å². The second-order valence-electron chi connectivity index (χ2n) is 5.23. The van der Waals surface area contributed by atoms with Gasteiger partial charge in [0.05, 0.1) is 24.5 Å². The summed E-state index contributed by atoms with van der Waals surface area (Å²) in [5.74, 6) is -0.926. The number of halogens is 3. The van der Waals surface area contributed by atoms with Crippen molar-refractivity contribution in [2.24, 2.45) is 0 Å². The van der Waals surface area contributed by atoms with Gasteiger partial charge in [-0.2, -0.15) is 0 Å². The quantitative estimate of drug-likeness (QED) is 0.757. The zero-order valence-electron chi connectivity index (χ0n) is 12.8. The standard InChI is InChI=1S/C18H12ClF2N3O/c19-15-2-1-3-16(21)14(15)8-17(25)24-13-9-22-18(23-10-13)11-4-6-12(20)7-5-11/h1-7,9-10H,8H2,(H,24,25). The minimum absolute atomic E-state index is 0.130. The van der Waals surface area contributed by atoms with Crippen LogP contribution in [0.15, 0.2) is 54.9 Å². The fraction of sp³-hybridized carbons (Fsp3) is 0.0556. The summed E-state index contributed by atoms with van der Waals surface area (Å²) < 4.78 is 26.6. The summed E-state index contributed by atoms with van der Waals surface area (Å²) in [5, 5.41) is 2.78. The number of carbonyl (C=O) groups excluding carboxylic acids is 1. The highest BCUT2D eigenvalue weighted by atomic mass is 35.5. The number of rotatable bonds is 4. The van der Waals surface area contributed by atoms with Crippen molar-refractivity contribution in [2.75, 3.05) is 5.32 Å². The molecule has 0 saturated heterocycles. The van der Waals surface area contributed by atoms with E-state index in [2.05, 4.69) is 15.3 Å². The minimum atomic E-state index is -0.537. The fourth-order valence-corrected chi connectivity index (χ4v) is 2.44. The minimum Gasteiger partial charge on any atom is -0.323 e. The average molecular weight is 360 g/mol. The predicted octanol–water partition coefficient (Wildman–Crippen LogP) is 4.26. The first kappa shape index (κ1) is 17.0. The van der Waals surface area contributed by atoms with Crippen LogP contribution < -0.4 is 5.32 Å². The van der Waals surface area contributed by atoms with E-state index >= 15 is 0 Å². The molecule has 0 aliphatic heterocycles. The zero-order chi connectivity index (χ0) is 17.8. The highest BCUT2D eigenvalue weighted by Crippen LogP contribution is 2.20. The zero-order valence-corrected chi connectivity index (χ0v) is 13.6. The van der Waals surface area contributed by atoms with E-state index in [1.165, 1.54) is 42.7 Å². The molecule has 0 fully saturated rings. The summed E-state index contributed by atoms with van der Waals surface area (Å²) in [7, 11) is 0. The van der Waals surface area contributed by atoms with Crippen LogP contribution in [0.4, 0.5) is 14.5 Å². The predicted molar refractivity (Wildman–Crippen MR) is 91.2 cm³/mol. The van der Waals surface area contributed by atoms with Crippen LogP contribution in [0.1, 0.15) is 5.56 Å². The smallest absolute Gasteiger partial charge is 0.229 e. The van der Waals surface area contributed by atoms with Gasteiger partial charge in [-0.1, -0.05) is 17.7 Å². The summed E-state index contributed by atoms with van der Waals surface area (Å²) in [4.78, 5) is 20.3. The van der Waals surface area contributed by atoms with Gasteiger partial charge >= 0.3 is 0 Å². The van der Waals surface area contributed by atoms with Gasteiger partial charge in [0.15, 0.2) is 5.82 Å². The fourth-order valence-electron chi connectivity index (χ4n) is 2.21. The van der Waals surface area contributed by atoms with Crippen molar-refractivity contribution in [3.63, 3.8) is 0 Å². The Kier molecular flexibility index (Phi) is 5.00. The molecular weight excluding hydrogens is 348 g/mol. The lowest BCUT2D eigenvalue weighted by Crippen LogP contribution is -2.16. The molecule has 126 valence electrons. The van der Waals surface area contributed by atoms with Crippen LogP contribution in [0.25, 0.3) is 11.4 Å². The lowest BCUT2D eigenvalue weighted by molar-refractivity contribution is -0.115. The molecular formula is C18H12ClF2N3O. The molecule has 0 unspecified atom stereocenters. The Morgan fingerprint density at radius 2 is 1.72 bits per heavy atom. The van der Waals surface area contributed by atoms with Crippen LogP contribution >= 0.6 is 11.6 Å². The normalized spacial score (nSPS) is 10.5. The Morgan fingerprint density at radius 3 is 2.36 bits per heavy atom. The number of aromatic nitrogens is 2. The molecule has 0 spiro atoms. The van der Waals surface area contributed by atoms with Crippen molar-refractivity contribution in [1.29, 1.82) is 0 Å². The molecule has 4 nitrogen and oxygen atoms in total. The Labute approximate surface area is 147 Å².